The lowest BCUT2D eigenvalue weighted by Gasteiger charge is -2.07. The van der Waals surface area contributed by atoms with Crippen LogP contribution < -0.4 is 0 Å². The minimum Gasteiger partial charge on any atom is -0.106 e. The molecule has 196 valence electrons. The Balaban J connectivity index is 0.000000338. The molecule has 0 saturated heterocycles. The highest BCUT2D eigenvalue weighted by atomic mass is 14.1. The van der Waals surface area contributed by atoms with Crippen LogP contribution in [-0.2, 0) is 19.3 Å². The summed E-state index contributed by atoms with van der Waals surface area (Å²) in [6.07, 6.45) is 4.21. The molecule has 4 aromatic rings. The molecule has 0 bridgehead atoms. The molecule has 0 fully saturated rings. The lowest BCUT2D eigenvalue weighted by Crippen LogP contribution is -1.93. The molecule has 38 heavy (non-hydrogen) atoms. The summed E-state index contributed by atoms with van der Waals surface area (Å²) in [7, 11) is 0. The Morgan fingerprint density at radius 3 is 1.68 bits per heavy atom. The monoisotopic (exact) mass is 500 g/mol. The Morgan fingerprint density at radius 2 is 1.11 bits per heavy atom. The number of rotatable bonds is 8. The van der Waals surface area contributed by atoms with E-state index in [0.29, 0.717) is 0 Å². The molecule has 4 rings (SSSR count). The van der Waals surface area contributed by atoms with Crippen molar-refractivity contribution in [3.8, 4) is 0 Å². The van der Waals surface area contributed by atoms with Gasteiger partial charge in [0.1, 0.15) is 0 Å². The van der Waals surface area contributed by atoms with E-state index < -0.39 is 0 Å². The standard InChI is InChI=1S/C18H20.C16H16.2C2H4/c1-15-8-12-18(13-9-15)14-16(2)10-11-17-6-4-3-5-7-17;1-3-14-8-7-11-16(12-14)13(2)15-9-5-4-6-10-15;2*1-2/h3-9,12-13H,2,10-11,14H2,1H3;4-12H,2-3H2,1H3;2*1-2H2. The quantitative estimate of drug-likeness (QED) is 0.211. The van der Waals surface area contributed by atoms with Crippen molar-refractivity contribution >= 4 is 5.57 Å². The van der Waals surface area contributed by atoms with Gasteiger partial charge in [-0.25, -0.2) is 0 Å². The van der Waals surface area contributed by atoms with Crippen LogP contribution in [0.3, 0.4) is 0 Å². The number of allylic oxidation sites excluding steroid dienone is 1. The zero-order valence-electron chi connectivity index (χ0n) is 23.5. The van der Waals surface area contributed by atoms with E-state index in [9.17, 15) is 0 Å². The first-order valence-corrected chi connectivity index (χ1v) is 13.1. The molecule has 0 unspecified atom stereocenters. The summed E-state index contributed by atoms with van der Waals surface area (Å²) in [6.45, 7) is 24.6. The van der Waals surface area contributed by atoms with Crippen LogP contribution in [0, 0.1) is 6.92 Å². The first kappa shape index (κ1) is 31.9. The van der Waals surface area contributed by atoms with E-state index in [1.54, 1.807) is 0 Å². The Labute approximate surface area is 232 Å². The highest BCUT2D eigenvalue weighted by Crippen LogP contribution is 2.22. The van der Waals surface area contributed by atoms with E-state index in [4.69, 9.17) is 0 Å². The molecule has 0 atom stereocenters. The summed E-state index contributed by atoms with van der Waals surface area (Å²) in [5.74, 6) is 0. The van der Waals surface area contributed by atoms with Crippen molar-refractivity contribution in [1.29, 1.82) is 0 Å². The fourth-order valence-electron chi connectivity index (χ4n) is 3.83. The number of benzene rings is 4. The summed E-state index contributed by atoms with van der Waals surface area (Å²) >= 11 is 0. The number of hydrogen-bond acceptors (Lipinski definition) is 0. The van der Waals surface area contributed by atoms with Gasteiger partial charge in [0, 0.05) is 0 Å². The van der Waals surface area contributed by atoms with Crippen LogP contribution in [-0.4, -0.2) is 0 Å². The third-order valence-corrected chi connectivity index (χ3v) is 5.99. The summed E-state index contributed by atoms with van der Waals surface area (Å²) in [4.78, 5) is 0. The molecule has 0 aliphatic rings. The van der Waals surface area contributed by atoms with Crippen LogP contribution in [0.4, 0.5) is 0 Å². The van der Waals surface area contributed by atoms with Crippen molar-refractivity contribution in [2.75, 3.05) is 0 Å². The van der Waals surface area contributed by atoms with E-state index in [-0.39, 0.29) is 0 Å². The molecular weight excluding hydrogens is 456 g/mol. The second kappa shape index (κ2) is 19.0. The van der Waals surface area contributed by atoms with Crippen LogP contribution in [0.1, 0.15) is 46.7 Å². The Hall–Kier alpha value is -4.16. The lowest BCUT2D eigenvalue weighted by atomic mass is 9.97. The lowest BCUT2D eigenvalue weighted by molar-refractivity contribution is 0.904. The minimum atomic E-state index is 0.993. The predicted octanol–water partition coefficient (Wildman–Crippen LogP) is 10.6. The van der Waals surface area contributed by atoms with Crippen LogP contribution in [0.2, 0.25) is 0 Å². The SMILES string of the molecule is C=C.C=C.C=C(CCc1ccccc1)Cc1ccc(C)cc1.C=C(c1ccccc1)c1cccc(CC)c1. The molecule has 0 heteroatoms. The van der Waals surface area contributed by atoms with Gasteiger partial charge in [0.2, 0.25) is 0 Å². The molecule has 0 saturated carbocycles. The average Bonchev–Trinajstić information content (AvgIpc) is 3.00. The summed E-state index contributed by atoms with van der Waals surface area (Å²) in [5, 5.41) is 0. The fraction of sp³-hybridized carbons (Fsp3) is 0.158. The largest absolute Gasteiger partial charge is 0.106 e. The zero-order valence-corrected chi connectivity index (χ0v) is 23.5. The van der Waals surface area contributed by atoms with Crippen molar-refractivity contribution in [3.63, 3.8) is 0 Å². The molecule has 0 nitrogen and oxygen atoms in total. The smallest absolute Gasteiger partial charge is 0.00697 e. The normalized spacial score (nSPS) is 9.32. The van der Waals surface area contributed by atoms with E-state index in [1.165, 1.54) is 39.0 Å². The molecule has 0 heterocycles. The molecule has 0 radical (unpaired) electrons. The van der Waals surface area contributed by atoms with Gasteiger partial charge in [-0.1, -0.05) is 140 Å². The molecular formula is C38H44. The Bertz CT molecular complexity index is 1200. The highest BCUT2D eigenvalue weighted by Gasteiger charge is 2.02. The van der Waals surface area contributed by atoms with E-state index >= 15 is 0 Å². The molecule has 0 aliphatic carbocycles. The van der Waals surface area contributed by atoms with Gasteiger partial charge in [0.05, 0.1) is 0 Å². The van der Waals surface area contributed by atoms with Crippen LogP contribution in [0.25, 0.3) is 5.57 Å². The van der Waals surface area contributed by atoms with Crippen LogP contribution in [0.15, 0.2) is 154 Å². The van der Waals surface area contributed by atoms with Crippen LogP contribution in [0.5, 0.6) is 0 Å². The third kappa shape index (κ3) is 11.7. The van der Waals surface area contributed by atoms with Crippen molar-refractivity contribution in [1.82, 2.24) is 0 Å². The van der Waals surface area contributed by atoms with Crippen molar-refractivity contribution < 1.29 is 0 Å². The molecule has 4 aromatic carbocycles. The zero-order chi connectivity index (χ0) is 28.2. The second-order valence-corrected chi connectivity index (χ2v) is 8.80. The number of hydrogen-bond donors (Lipinski definition) is 0. The summed E-state index contributed by atoms with van der Waals surface area (Å²) < 4.78 is 0. The van der Waals surface area contributed by atoms with Crippen LogP contribution >= 0.6 is 0 Å². The first-order valence-electron chi connectivity index (χ1n) is 13.1. The van der Waals surface area contributed by atoms with Crippen molar-refractivity contribution in [2.45, 2.75) is 39.5 Å². The van der Waals surface area contributed by atoms with E-state index in [0.717, 1.165) is 31.3 Å². The predicted molar refractivity (Wildman–Crippen MR) is 172 cm³/mol. The topological polar surface area (TPSA) is 0 Å². The molecule has 0 N–H and O–H groups in total. The highest BCUT2D eigenvalue weighted by molar-refractivity contribution is 5.78. The maximum absolute atomic E-state index is 4.19. The van der Waals surface area contributed by atoms with Gasteiger partial charge < -0.3 is 0 Å². The first-order chi connectivity index (χ1) is 18.5. The summed E-state index contributed by atoms with van der Waals surface area (Å²) in [6, 6.07) is 38.2. The van der Waals surface area contributed by atoms with Gasteiger partial charge >= 0.3 is 0 Å². The maximum Gasteiger partial charge on any atom is -0.00697 e. The van der Waals surface area contributed by atoms with Gasteiger partial charge in [0.25, 0.3) is 0 Å². The number of aryl methyl sites for hydroxylation is 3. The van der Waals surface area contributed by atoms with Crippen molar-refractivity contribution in [3.05, 3.63) is 188 Å². The molecule has 0 spiro atoms. The van der Waals surface area contributed by atoms with Gasteiger partial charge in [-0.3, -0.25) is 0 Å². The average molecular weight is 501 g/mol. The molecule has 0 aliphatic heterocycles. The van der Waals surface area contributed by atoms with E-state index in [2.05, 4.69) is 144 Å². The van der Waals surface area contributed by atoms with E-state index in [1.807, 2.05) is 18.2 Å². The van der Waals surface area contributed by atoms with Gasteiger partial charge in [0.15, 0.2) is 0 Å². The van der Waals surface area contributed by atoms with Gasteiger partial charge in [-0.15, -0.1) is 26.3 Å². The molecule has 0 aromatic heterocycles. The van der Waals surface area contributed by atoms with Gasteiger partial charge in [-0.2, -0.15) is 0 Å². The molecule has 0 amide bonds. The third-order valence-electron chi connectivity index (χ3n) is 5.99. The maximum atomic E-state index is 4.19. The Kier molecular flexibility index (Phi) is 15.9. The van der Waals surface area contributed by atoms with Gasteiger partial charge in [-0.05, 0) is 66.0 Å². The summed E-state index contributed by atoms with van der Waals surface area (Å²) in [5.41, 5.74) is 10.2. The second-order valence-electron chi connectivity index (χ2n) is 8.80. The minimum absolute atomic E-state index is 0.993. The fourth-order valence-corrected chi connectivity index (χ4v) is 3.83. The van der Waals surface area contributed by atoms with Crippen molar-refractivity contribution in [2.24, 2.45) is 0 Å². The Morgan fingerprint density at radius 1 is 0.579 bits per heavy atom.